The number of rotatable bonds is 7. The number of hydrogen-bond acceptors (Lipinski definition) is 1. The van der Waals surface area contributed by atoms with Gasteiger partial charge in [0.1, 0.15) is 17.7 Å². The largest absolute Gasteiger partial charge is 0.369 e. The average molecular weight is 372 g/mol. The lowest BCUT2D eigenvalue weighted by Gasteiger charge is -2.29. The van der Waals surface area contributed by atoms with E-state index in [9.17, 15) is 8.78 Å². The molecule has 0 bridgehead atoms. The highest BCUT2D eigenvalue weighted by Crippen LogP contribution is 2.38. The summed E-state index contributed by atoms with van der Waals surface area (Å²) in [4.78, 5) is 0. The van der Waals surface area contributed by atoms with Crippen molar-refractivity contribution in [3.63, 3.8) is 0 Å². The Morgan fingerprint density at radius 1 is 0.926 bits per heavy atom. The molecule has 0 saturated heterocycles. The molecule has 0 amide bonds. The molecule has 1 atom stereocenters. The topological polar surface area (TPSA) is 9.23 Å². The van der Waals surface area contributed by atoms with Crippen LogP contribution in [0.15, 0.2) is 42.5 Å². The van der Waals surface area contributed by atoms with Crippen molar-refractivity contribution in [2.24, 2.45) is 5.92 Å². The van der Waals surface area contributed by atoms with Gasteiger partial charge in [0.05, 0.1) is 5.56 Å². The summed E-state index contributed by atoms with van der Waals surface area (Å²) in [5.41, 5.74) is 2.12. The molecular formula is C24H30F2O. The van der Waals surface area contributed by atoms with Crippen molar-refractivity contribution < 1.29 is 13.5 Å². The van der Waals surface area contributed by atoms with Crippen molar-refractivity contribution in [1.82, 2.24) is 0 Å². The second kappa shape index (κ2) is 9.45. The van der Waals surface area contributed by atoms with Crippen LogP contribution >= 0.6 is 0 Å². The molecule has 0 heterocycles. The summed E-state index contributed by atoms with van der Waals surface area (Å²) in [6.45, 7) is 4.49. The maximum atomic E-state index is 14.3. The van der Waals surface area contributed by atoms with Gasteiger partial charge in [-0.25, -0.2) is 8.78 Å². The van der Waals surface area contributed by atoms with E-state index in [0.29, 0.717) is 12.5 Å². The van der Waals surface area contributed by atoms with Crippen LogP contribution in [0, 0.1) is 17.6 Å². The molecule has 0 radical (unpaired) electrons. The lowest BCUT2D eigenvalue weighted by molar-refractivity contribution is 0.0859. The summed E-state index contributed by atoms with van der Waals surface area (Å²) in [5, 5.41) is 0. The Labute approximate surface area is 161 Å². The van der Waals surface area contributed by atoms with Gasteiger partial charge in [0, 0.05) is 6.61 Å². The molecule has 1 nitrogen and oxygen atoms in total. The third kappa shape index (κ3) is 4.76. The molecule has 3 rings (SSSR count). The zero-order chi connectivity index (χ0) is 19.2. The minimum atomic E-state index is -0.717. The molecule has 1 aliphatic rings. The summed E-state index contributed by atoms with van der Waals surface area (Å²) < 4.78 is 34.2. The van der Waals surface area contributed by atoms with Crippen LogP contribution in [0.25, 0.3) is 0 Å². The number of halogens is 2. The fourth-order valence-electron chi connectivity index (χ4n) is 4.41. The van der Waals surface area contributed by atoms with Gasteiger partial charge in [-0.2, -0.15) is 0 Å². The zero-order valence-electron chi connectivity index (χ0n) is 16.4. The summed E-state index contributed by atoms with van der Waals surface area (Å²) >= 11 is 0. The molecule has 1 saturated carbocycles. The first kappa shape index (κ1) is 20.0. The summed E-state index contributed by atoms with van der Waals surface area (Å²) in [5.74, 6) is 0.360. The van der Waals surface area contributed by atoms with Crippen LogP contribution in [-0.4, -0.2) is 6.61 Å². The molecule has 0 aromatic heterocycles. The zero-order valence-corrected chi connectivity index (χ0v) is 16.4. The fourth-order valence-corrected chi connectivity index (χ4v) is 4.41. The predicted molar refractivity (Wildman–Crippen MR) is 106 cm³/mol. The number of ether oxygens (including phenoxy) is 1. The van der Waals surface area contributed by atoms with Crippen LogP contribution in [0.3, 0.4) is 0 Å². The van der Waals surface area contributed by atoms with Crippen molar-refractivity contribution in [1.29, 1.82) is 0 Å². The van der Waals surface area contributed by atoms with E-state index >= 15 is 0 Å². The molecule has 1 unspecified atom stereocenters. The standard InChI is InChI=1S/C24H30F2O/c1-3-6-17-9-11-18(12-10-17)19-13-15-20(16-14-19)24(27-4-2)23-21(25)7-5-8-22(23)26/h5,7-8,13-18,24H,3-4,6,9-12H2,1-2H3. The van der Waals surface area contributed by atoms with Crippen LogP contribution in [0.4, 0.5) is 8.78 Å². The Kier molecular flexibility index (Phi) is 7.01. The normalized spacial score (nSPS) is 21.2. The van der Waals surface area contributed by atoms with Crippen molar-refractivity contribution in [3.05, 3.63) is 70.8 Å². The third-order valence-corrected chi connectivity index (χ3v) is 5.85. The SMILES string of the molecule is CCCC1CCC(c2ccc(C(OCC)c3c(F)cccc3F)cc2)CC1. The molecule has 0 N–H and O–H groups in total. The van der Waals surface area contributed by atoms with E-state index < -0.39 is 17.7 Å². The fraction of sp³-hybridized carbons (Fsp3) is 0.500. The highest BCUT2D eigenvalue weighted by atomic mass is 19.1. The maximum Gasteiger partial charge on any atom is 0.132 e. The molecule has 3 heteroatoms. The quantitative estimate of drug-likeness (QED) is 0.501. The van der Waals surface area contributed by atoms with Crippen LogP contribution < -0.4 is 0 Å². The lowest BCUT2D eigenvalue weighted by atomic mass is 9.77. The third-order valence-electron chi connectivity index (χ3n) is 5.85. The van der Waals surface area contributed by atoms with Gasteiger partial charge >= 0.3 is 0 Å². The van der Waals surface area contributed by atoms with Crippen LogP contribution in [0.2, 0.25) is 0 Å². The highest BCUT2D eigenvalue weighted by Gasteiger charge is 2.24. The van der Waals surface area contributed by atoms with E-state index in [1.165, 1.54) is 62.3 Å². The van der Waals surface area contributed by atoms with Gasteiger partial charge in [0.25, 0.3) is 0 Å². The van der Waals surface area contributed by atoms with Crippen LogP contribution in [0.1, 0.15) is 81.1 Å². The van der Waals surface area contributed by atoms with Gasteiger partial charge in [-0.1, -0.05) is 50.1 Å². The van der Waals surface area contributed by atoms with Crippen molar-refractivity contribution in [2.45, 2.75) is 64.4 Å². The van der Waals surface area contributed by atoms with Gasteiger partial charge in [-0.15, -0.1) is 0 Å². The molecule has 1 fully saturated rings. The first-order valence-corrected chi connectivity index (χ1v) is 10.3. The van der Waals surface area contributed by atoms with Crippen molar-refractivity contribution in [3.8, 4) is 0 Å². The van der Waals surface area contributed by atoms with Crippen LogP contribution in [-0.2, 0) is 4.74 Å². The molecule has 0 spiro atoms. The molecule has 146 valence electrons. The Bertz CT molecular complexity index is 697. The Hall–Kier alpha value is -1.74. The Balaban J connectivity index is 1.77. The van der Waals surface area contributed by atoms with Gasteiger partial charge in [-0.05, 0) is 67.7 Å². The molecule has 2 aromatic carbocycles. The average Bonchev–Trinajstić information content (AvgIpc) is 2.68. The van der Waals surface area contributed by atoms with E-state index in [0.717, 1.165) is 11.5 Å². The van der Waals surface area contributed by atoms with Crippen molar-refractivity contribution in [2.75, 3.05) is 6.61 Å². The predicted octanol–water partition coefficient (Wildman–Crippen LogP) is 7.16. The minimum Gasteiger partial charge on any atom is -0.369 e. The van der Waals surface area contributed by atoms with Crippen LogP contribution in [0.5, 0.6) is 0 Å². The maximum absolute atomic E-state index is 14.3. The molecule has 2 aromatic rings. The van der Waals surface area contributed by atoms with Gasteiger partial charge in [0.15, 0.2) is 0 Å². The molecule has 27 heavy (non-hydrogen) atoms. The molecule has 0 aliphatic heterocycles. The van der Waals surface area contributed by atoms with Gasteiger partial charge in [0.2, 0.25) is 0 Å². The first-order valence-electron chi connectivity index (χ1n) is 10.3. The van der Waals surface area contributed by atoms with E-state index in [-0.39, 0.29) is 5.56 Å². The van der Waals surface area contributed by atoms with E-state index in [2.05, 4.69) is 19.1 Å². The minimum absolute atomic E-state index is 0.00725. The van der Waals surface area contributed by atoms with E-state index in [4.69, 9.17) is 4.74 Å². The van der Waals surface area contributed by atoms with E-state index in [1.54, 1.807) is 0 Å². The summed E-state index contributed by atoms with van der Waals surface area (Å²) in [6, 6.07) is 12.1. The number of hydrogen-bond donors (Lipinski definition) is 0. The second-order valence-corrected chi connectivity index (χ2v) is 7.64. The monoisotopic (exact) mass is 372 g/mol. The van der Waals surface area contributed by atoms with Crippen molar-refractivity contribution >= 4 is 0 Å². The second-order valence-electron chi connectivity index (χ2n) is 7.64. The summed E-state index contributed by atoms with van der Waals surface area (Å²) in [7, 11) is 0. The van der Waals surface area contributed by atoms with Gasteiger partial charge < -0.3 is 4.74 Å². The molecule has 1 aliphatic carbocycles. The Morgan fingerprint density at radius 2 is 1.56 bits per heavy atom. The first-order chi connectivity index (χ1) is 13.1. The lowest BCUT2D eigenvalue weighted by Crippen LogP contribution is -2.14. The number of benzene rings is 2. The molecular weight excluding hydrogens is 342 g/mol. The smallest absolute Gasteiger partial charge is 0.132 e. The highest BCUT2D eigenvalue weighted by molar-refractivity contribution is 5.35. The summed E-state index contributed by atoms with van der Waals surface area (Å²) in [6.07, 6.45) is 6.99. The van der Waals surface area contributed by atoms with E-state index in [1.807, 2.05) is 19.1 Å². The van der Waals surface area contributed by atoms with Gasteiger partial charge in [-0.3, -0.25) is 0 Å². The Morgan fingerprint density at radius 3 is 2.11 bits per heavy atom.